The number of aliphatic hydroxyl groups excluding tert-OH is 3. The molecule has 12 heteroatoms. The lowest BCUT2D eigenvalue weighted by molar-refractivity contribution is -0.387. The molecular weight excluding hydrogens is 380 g/mol. The Hall–Kier alpha value is -2.51. The fraction of sp³-hybridized carbons (Fsp3) is 0.333. The highest BCUT2D eigenvalue weighted by molar-refractivity contribution is 8.00. The average molecular weight is 396 g/mol. The summed E-state index contributed by atoms with van der Waals surface area (Å²) in [7, 11) is 0. The van der Waals surface area contributed by atoms with Crippen molar-refractivity contribution < 1.29 is 25.0 Å². The zero-order chi connectivity index (χ0) is 19.6. The lowest BCUT2D eigenvalue weighted by Crippen LogP contribution is -2.36. The molecule has 1 aromatic carbocycles. The highest BCUT2D eigenvalue weighted by Gasteiger charge is 2.43. The molecule has 144 valence electrons. The first-order valence-electron chi connectivity index (χ1n) is 7.80. The molecule has 11 nitrogen and oxygen atoms in total. The van der Waals surface area contributed by atoms with Crippen LogP contribution in [-0.2, 0) is 4.74 Å². The zero-order valence-corrected chi connectivity index (χ0v) is 14.5. The SMILES string of the molecule is O=c1nc(NSc2ccccc2[N+](=O)[O-])ccn1[C@@H]1O[C@H](CO)[C@@H](O)[C@H]1O. The van der Waals surface area contributed by atoms with Crippen molar-refractivity contribution in [1.82, 2.24) is 9.55 Å². The molecule has 1 saturated heterocycles. The molecule has 1 fully saturated rings. The maximum Gasteiger partial charge on any atom is 0.351 e. The Bertz CT molecular complexity index is 892. The van der Waals surface area contributed by atoms with Gasteiger partial charge in [0.05, 0.1) is 11.5 Å². The van der Waals surface area contributed by atoms with E-state index in [9.17, 15) is 25.1 Å². The fourth-order valence-corrected chi connectivity index (χ4v) is 3.30. The predicted molar refractivity (Wildman–Crippen MR) is 94.1 cm³/mol. The van der Waals surface area contributed by atoms with Gasteiger partial charge in [-0.3, -0.25) is 14.7 Å². The number of ether oxygens (including phenoxy) is 1. The van der Waals surface area contributed by atoms with E-state index in [1.807, 2.05) is 0 Å². The highest BCUT2D eigenvalue weighted by atomic mass is 32.2. The van der Waals surface area contributed by atoms with Crippen LogP contribution in [-0.4, -0.2) is 54.7 Å². The molecule has 0 radical (unpaired) electrons. The summed E-state index contributed by atoms with van der Waals surface area (Å²) < 4.78 is 9.03. The topological polar surface area (TPSA) is 160 Å². The Morgan fingerprint density at radius 1 is 1.30 bits per heavy atom. The number of nitrogens with one attached hydrogen (secondary N) is 1. The normalized spacial score (nSPS) is 24.7. The third-order valence-corrected chi connectivity index (χ3v) is 4.83. The molecule has 0 aliphatic carbocycles. The van der Waals surface area contributed by atoms with Crippen molar-refractivity contribution in [2.24, 2.45) is 0 Å². The zero-order valence-electron chi connectivity index (χ0n) is 13.7. The van der Waals surface area contributed by atoms with Gasteiger partial charge >= 0.3 is 5.69 Å². The molecule has 1 aliphatic heterocycles. The van der Waals surface area contributed by atoms with Crippen LogP contribution in [0.5, 0.6) is 0 Å². The maximum absolute atomic E-state index is 12.2. The van der Waals surface area contributed by atoms with Gasteiger partial charge in [0.2, 0.25) is 0 Å². The number of nitro groups is 1. The summed E-state index contributed by atoms with van der Waals surface area (Å²) >= 11 is 0.924. The second kappa shape index (κ2) is 8.02. The molecular formula is C15H16N4O7S. The standard InChI is InChI=1S/C15H16N4O7S/c20-7-9-12(21)13(22)14(26-9)18-6-5-11(16-15(18)23)17-27-10-4-2-1-3-8(10)19(24)25/h1-6,9,12-14,20-22H,7H2,(H,16,17,23)/t9-,12-,13-,14-/m1/s1. The van der Waals surface area contributed by atoms with E-state index in [1.54, 1.807) is 18.2 Å². The average Bonchev–Trinajstić information content (AvgIpc) is 2.95. The van der Waals surface area contributed by atoms with Gasteiger partial charge in [-0.2, -0.15) is 4.98 Å². The second-order valence-electron chi connectivity index (χ2n) is 5.66. The van der Waals surface area contributed by atoms with Gasteiger partial charge in [0, 0.05) is 12.3 Å². The van der Waals surface area contributed by atoms with E-state index in [2.05, 4.69) is 9.71 Å². The molecule has 1 aromatic heterocycles. The van der Waals surface area contributed by atoms with Crippen LogP contribution in [0.1, 0.15) is 6.23 Å². The van der Waals surface area contributed by atoms with Crippen LogP contribution >= 0.6 is 11.9 Å². The highest BCUT2D eigenvalue weighted by Crippen LogP contribution is 2.30. The fourth-order valence-electron chi connectivity index (χ4n) is 2.57. The summed E-state index contributed by atoms with van der Waals surface area (Å²) in [5.41, 5.74) is -0.854. The summed E-state index contributed by atoms with van der Waals surface area (Å²) in [6.45, 7) is -0.511. The van der Waals surface area contributed by atoms with E-state index in [0.717, 1.165) is 16.5 Å². The van der Waals surface area contributed by atoms with Gasteiger partial charge in [0.25, 0.3) is 5.69 Å². The monoisotopic (exact) mass is 396 g/mol. The number of hydrogen-bond acceptors (Lipinski definition) is 10. The summed E-state index contributed by atoms with van der Waals surface area (Å²) in [6, 6.07) is 7.51. The maximum atomic E-state index is 12.2. The smallest absolute Gasteiger partial charge is 0.351 e. The number of rotatable bonds is 6. The summed E-state index contributed by atoms with van der Waals surface area (Å²) in [4.78, 5) is 26.8. The van der Waals surface area contributed by atoms with Gasteiger partial charge < -0.3 is 24.8 Å². The Labute approximate surface area is 156 Å². The number of nitro benzene ring substituents is 1. The predicted octanol–water partition coefficient (Wildman–Crippen LogP) is -0.118. The Morgan fingerprint density at radius 2 is 2.04 bits per heavy atom. The quantitative estimate of drug-likeness (QED) is 0.294. The van der Waals surface area contributed by atoms with Gasteiger partial charge in [-0.05, 0) is 24.1 Å². The van der Waals surface area contributed by atoms with E-state index in [0.29, 0.717) is 4.90 Å². The van der Waals surface area contributed by atoms with Crippen LogP contribution in [0.3, 0.4) is 0 Å². The number of para-hydroxylation sites is 1. The van der Waals surface area contributed by atoms with Gasteiger partial charge in [-0.25, -0.2) is 4.79 Å². The minimum absolute atomic E-state index is 0.0881. The first kappa shape index (κ1) is 19.3. The van der Waals surface area contributed by atoms with E-state index in [4.69, 9.17) is 9.84 Å². The van der Waals surface area contributed by atoms with Crippen LogP contribution in [0.25, 0.3) is 0 Å². The van der Waals surface area contributed by atoms with Crippen molar-refractivity contribution in [2.45, 2.75) is 29.4 Å². The number of nitrogens with zero attached hydrogens (tertiary/aromatic N) is 3. The largest absolute Gasteiger partial charge is 0.394 e. The van der Waals surface area contributed by atoms with Crippen LogP contribution in [0.2, 0.25) is 0 Å². The molecule has 4 N–H and O–H groups in total. The van der Waals surface area contributed by atoms with Crippen molar-refractivity contribution in [1.29, 1.82) is 0 Å². The van der Waals surface area contributed by atoms with E-state index < -0.39 is 41.8 Å². The van der Waals surface area contributed by atoms with Crippen molar-refractivity contribution in [2.75, 3.05) is 11.3 Å². The van der Waals surface area contributed by atoms with Crippen molar-refractivity contribution in [3.05, 3.63) is 57.1 Å². The molecule has 4 atom stereocenters. The third-order valence-electron chi connectivity index (χ3n) is 3.95. The van der Waals surface area contributed by atoms with Gasteiger partial charge in [-0.15, -0.1) is 0 Å². The Balaban J connectivity index is 1.75. The lowest BCUT2D eigenvalue weighted by atomic mass is 10.1. The molecule has 0 saturated carbocycles. The Kier molecular flexibility index (Phi) is 5.72. The molecule has 0 amide bonds. The summed E-state index contributed by atoms with van der Waals surface area (Å²) in [6.07, 6.45) is -3.63. The van der Waals surface area contributed by atoms with E-state index in [-0.39, 0.29) is 11.5 Å². The van der Waals surface area contributed by atoms with Gasteiger partial charge in [0.1, 0.15) is 29.0 Å². The molecule has 3 rings (SSSR count). The number of aromatic nitrogens is 2. The summed E-state index contributed by atoms with van der Waals surface area (Å²) in [5.74, 6) is 0.145. The van der Waals surface area contributed by atoms with Crippen molar-refractivity contribution in [3.8, 4) is 0 Å². The molecule has 1 aliphatic rings. The number of aliphatic hydroxyl groups is 3. The van der Waals surface area contributed by atoms with Crippen LogP contribution in [0.15, 0.2) is 46.2 Å². The number of hydrogen-bond donors (Lipinski definition) is 4. The van der Waals surface area contributed by atoms with Crippen molar-refractivity contribution >= 4 is 23.5 Å². The van der Waals surface area contributed by atoms with E-state index >= 15 is 0 Å². The minimum atomic E-state index is -1.40. The first-order valence-corrected chi connectivity index (χ1v) is 8.62. The second-order valence-corrected chi connectivity index (χ2v) is 6.51. The third kappa shape index (κ3) is 3.94. The molecule has 0 unspecified atom stereocenters. The van der Waals surface area contributed by atoms with Gasteiger partial charge in [-0.1, -0.05) is 12.1 Å². The molecule has 2 aromatic rings. The minimum Gasteiger partial charge on any atom is -0.394 e. The van der Waals surface area contributed by atoms with E-state index in [1.165, 1.54) is 18.3 Å². The lowest BCUT2D eigenvalue weighted by Gasteiger charge is -2.17. The molecule has 0 spiro atoms. The Morgan fingerprint density at radius 3 is 2.67 bits per heavy atom. The van der Waals surface area contributed by atoms with Crippen LogP contribution < -0.4 is 10.4 Å². The van der Waals surface area contributed by atoms with Gasteiger partial charge in [0.15, 0.2) is 6.23 Å². The summed E-state index contributed by atoms with van der Waals surface area (Å²) in [5, 5.41) is 39.9. The molecule has 0 bridgehead atoms. The number of anilines is 1. The molecule has 2 heterocycles. The van der Waals surface area contributed by atoms with Crippen LogP contribution in [0.4, 0.5) is 11.5 Å². The molecule has 27 heavy (non-hydrogen) atoms. The van der Waals surface area contributed by atoms with Crippen molar-refractivity contribution in [3.63, 3.8) is 0 Å². The first-order chi connectivity index (χ1) is 12.9. The number of benzene rings is 1. The van der Waals surface area contributed by atoms with Crippen LogP contribution in [0, 0.1) is 10.1 Å².